The SMILES string of the molecule is CCCOc1ccc(CNn2c(-c3ccncc3)n[nH]c2=S)cc1. The summed E-state index contributed by atoms with van der Waals surface area (Å²) in [6.07, 6.45) is 4.46. The molecule has 0 aliphatic heterocycles. The van der Waals surface area contributed by atoms with Gasteiger partial charge in [0.15, 0.2) is 5.82 Å². The summed E-state index contributed by atoms with van der Waals surface area (Å²) >= 11 is 5.30. The van der Waals surface area contributed by atoms with Gasteiger partial charge in [-0.15, -0.1) is 0 Å². The van der Waals surface area contributed by atoms with Gasteiger partial charge in [-0.3, -0.25) is 4.98 Å². The highest BCUT2D eigenvalue weighted by Gasteiger charge is 2.08. The van der Waals surface area contributed by atoms with Crippen LogP contribution in [-0.4, -0.2) is 26.5 Å². The third kappa shape index (κ3) is 3.80. The Balaban J connectivity index is 1.71. The monoisotopic (exact) mass is 341 g/mol. The lowest BCUT2D eigenvalue weighted by molar-refractivity contribution is 0.317. The number of aromatic amines is 1. The number of hydrogen-bond acceptors (Lipinski definition) is 5. The summed E-state index contributed by atoms with van der Waals surface area (Å²) in [5.74, 6) is 1.61. The fourth-order valence-corrected chi connectivity index (χ4v) is 2.43. The van der Waals surface area contributed by atoms with Crippen LogP contribution in [0, 0.1) is 4.77 Å². The first-order valence-electron chi connectivity index (χ1n) is 7.81. The topological polar surface area (TPSA) is 67.8 Å². The van der Waals surface area contributed by atoms with Crippen LogP contribution in [0.15, 0.2) is 48.8 Å². The molecule has 6 nitrogen and oxygen atoms in total. The molecule has 0 fully saturated rings. The molecule has 3 aromatic rings. The number of nitrogens with zero attached hydrogens (tertiary/aromatic N) is 3. The first-order chi connectivity index (χ1) is 11.8. The van der Waals surface area contributed by atoms with Crippen molar-refractivity contribution in [2.75, 3.05) is 12.0 Å². The van der Waals surface area contributed by atoms with Crippen molar-refractivity contribution in [2.24, 2.45) is 0 Å². The molecule has 124 valence electrons. The number of ether oxygens (including phenoxy) is 1. The molecule has 2 heterocycles. The van der Waals surface area contributed by atoms with E-state index in [2.05, 4.69) is 27.5 Å². The predicted octanol–water partition coefficient (Wildman–Crippen LogP) is 3.54. The van der Waals surface area contributed by atoms with Crippen LogP contribution in [-0.2, 0) is 6.54 Å². The molecular formula is C17H19N5OS. The van der Waals surface area contributed by atoms with Crippen LogP contribution in [0.5, 0.6) is 5.75 Å². The molecule has 7 heteroatoms. The van der Waals surface area contributed by atoms with E-state index < -0.39 is 0 Å². The molecule has 3 rings (SSSR count). The molecule has 2 N–H and O–H groups in total. The summed E-state index contributed by atoms with van der Waals surface area (Å²) < 4.78 is 7.88. The van der Waals surface area contributed by atoms with Crippen molar-refractivity contribution in [2.45, 2.75) is 19.9 Å². The largest absolute Gasteiger partial charge is 0.494 e. The zero-order chi connectivity index (χ0) is 16.8. The van der Waals surface area contributed by atoms with E-state index in [1.165, 1.54) is 0 Å². The van der Waals surface area contributed by atoms with E-state index in [1.54, 1.807) is 17.1 Å². The van der Waals surface area contributed by atoms with Crippen molar-refractivity contribution in [1.29, 1.82) is 0 Å². The van der Waals surface area contributed by atoms with Crippen LogP contribution >= 0.6 is 12.2 Å². The maximum Gasteiger partial charge on any atom is 0.214 e. The number of benzene rings is 1. The van der Waals surface area contributed by atoms with Crippen molar-refractivity contribution >= 4 is 12.2 Å². The van der Waals surface area contributed by atoms with Crippen LogP contribution in [0.2, 0.25) is 0 Å². The normalized spacial score (nSPS) is 10.5. The van der Waals surface area contributed by atoms with Gasteiger partial charge in [0.2, 0.25) is 4.77 Å². The zero-order valence-corrected chi connectivity index (χ0v) is 14.2. The minimum atomic E-state index is 0.518. The molecule has 24 heavy (non-hydrogen) atoms. The summed E-state index contributed by atoms with van der Waals surface area (Å²) in [7, 11) is 0. The smallest absolute Gasteiger partial charge is 0.214 e. The Hall–Kier alpha value is -2.67. The van der Waals surface area contributed by atoms with Crippen molar-refractivity contribution in [3.8, 4) is 17.1 Å². The van der Waals surface area contributed by atoms with Gasteiger partial charge in [-0.1, -0.05) is 19.1 Å². The van der Waals surface area contributed by atoms with Crippen LogP contribution in [0.1, 0.15) is 18.9 Å². The Kier molecular flexibility index (Phi) is 5.22. The van der Waals surface area contributed by atoms with Crippen LogP contribution in [0.3, 0.4) is 0 Å². The van der Waals surface area contributed by atoms with Gasteiger partial charge in [-0.2, -0.15) is 5.10 Å². The average molecular weight is 341 g/mol. The number of rotatable bonds is 7. The van der Waals surface area contributed by atoms with Gasteiger partial charge in [-0.25, -0.2) is 9.77 Å². The lowest BCUT2D eigenvalue weighted by Crippen LogP contribution is -2.15. The summed E-state index contributed by atoms with van der Waals surface area (Å²) in [6, 6.07) is 11.8. The second-order valence-corrected chi connectivity index (χ2v) is 5.64. The van der Waals surface area contributed by atoms with Crippen LogP contribution in [0.4, 0.5) is 0 Å². The van der Waals surface area contributed by atoms with Crippen molar-refractivity contribution in [3.63, 3.8) is 0 Å². The third-order valence-electron chi connectivity index (χ3n) is 3.45. The Morgan fingerprint density at radius 3 is 2.62 bits per heavy atom. The Morgan fingerprint density at radius 1 is 1.17 bits per heavy atom. The molecule has 0 bridgehead atoms. The standard InChI is InChI=1S/C17H19N5OS/c1-2-11-23-15-5-3-13(4-6-15)12-19-22-16(20-21-17(22)24)14-7-9-18-10-8-14/h3-10,19H,2,11-12H2,1H3,(H,21,24). The Labute approximate surface area is 145 Å². The second-order valence-electron chi connectivity index (χ2n) is 5.25. The minimum absolute atomic E-state index is 0.518. The molecule has 0 saturated heterocycles. The molecular weight excluding hydrogens is 322 g/mol. The fraction of sp³-hybridized carbons (Fsp3) is 0.235. The molecule has 2 aromatic heterocycles. The first-order valence-corrected chi connectivity index (χ1v) is 8.22. The average Bonchev–Trinajstić information content (AvgIpc) is 3.00. The molecule has 0 aliphatic rings. The Bertz CT molecular complexity index is 826. The summed E-state index contributed by atoms with van der Waals surface area (Å²) in [5, 5.41) is 7.10. The minimum Gasteiger partial charge on any atom is -0.494 e. The zero-order valence-electron chi connectivity index (χ0n) is 13.4. The molecule has 0 atom stereocenters. The number of hydrogen-bond donors (Lipinski definition) is 2. The van der Waals surface area contributed by atoms with Gasteiger partial charge in [0.05, 0.1) is 13.2 Å². The molecule has 0 aliphatic carbocycles. The third-order valence-corrected chi connectivity index (χ3v) is 3.72. The highest BCUT2D eigenvalue weighted by atomic mass is 32.1. The summed E-state index contributed by atoms with van der Waals surface area (Å²) in [5.41, 5.74) is 5.36. The molecule has 0 radical (unpaired) electrons. The maximum atomic E-state index is 5.59. The lowest BCUT2D eigenvalue weighted by atomic mass is 10.2. The predicted molar refractivity (Wildman–Crippen MR) is 95.9 cm³/mol. The van der Waals surface area contributed by atoms with E-state index in [1.807, 2.05) is 36.4 Å². The lowest BCUT2D eigenvalue weighted by Gasteiger charge is -2.11. The van der Waals surface area contributed by atoms with Gasteiger partial charge in [0.25, 0.3) is 0 Å². The number of pyridine rings is 1. The van der Waals surface area contributed by atoms with E-state index >= 15 is 0 Å². The van der Waals surface area contributed by atoms with E-state index in [9.17, 15) is 0 Å². The van der Waals surface area contributed by atoms with Crippen LogP contribution < -0.4 is 10.2 Å². The van der Waals surface area contributed by atoms with Crippen LogP contribution in [0.25, 0.3) is 11.4 Å². The highest BCUT2D eigenvalue weighted by molar-refractivity contribution is 7.71. The number of nitrogens with one attached hydrogen (secondary N) is 2. The van der Waals surface area contributed by atoms with E-state index in [0.717, 1.165) is 35.7 Å². The fourth-order valence-electron chi connectivity index (χ4n) is 2.23. The Morgan fingerprint density at radius 2 is 1.92 bits per heavy atom. The van der Waals surface area contributed by atoms with E-state index in [-0.39, 0.29) is 0 Å². The van der Waals surface area contributed by atoms with E-state index in [0.29, 0.717) is 11.3 Å². The molecule has 1 aromatic carbocycles. The highest BCUT2D eigenvalue weighted by Crippen LogP contribution is 2.16. The van der Waals surface area contributed by atoms with Gasteiger partial charge in [-0.05, 0) is 48.5 Å². The van der Waals surface area contributed by atoms with Gasteiger partial charge in [0.1, 0.15) is 5.75 Å². The van der Waals surface area contributed by atoms with Gasteiger partial charge in [0, 0.05) is 18.0 Å². The number of aromatic nitrogens is 4. The van der Waals surface area contributed by atoms with Crippen molar-refractivity contribution in [1.82, 2.24) is 19.9 Å². The second kappa shape index (κ2) is 7.74. The van der Waals surface area contributed by atoms with Crippen molar-refractivity contribution in [3.05, 3.63) is 59.1 Å². The molecule has 0 saturated carbocycles. The van der Waals surface area contributed by atoms with Crippen molar-refractivity contribution < 1.29 is 4.74 Å². The van der Waals surface area contributed by atoms with E-state index in [4.69, 9.17) is 17.0 Å². The quantitative estimate of drug-likeness (QED) is 0.644. The summed E-state index contributed by atoms with van der Waals surface area (Å²) in [4.78, 5) is 4.02. The molecule has 0 spiro atoms. The van der Waals surface area contributed by atoms with Gasteiger partial charge < -0.3 is 10.2 Å². The maximum absolute atomic E-state index is 5.59. The molecule has 0 unspecified atom stereocenters. The summed E-state index contributed by atoms with van der Waals surface area (Å²) in [6.45, 7) is 3.45. The number of H-pyrrole nitrogens is 1. The first kappa shape index (κ1) is 16.2. The van der Waals surface area contributed by atoms with Gasteiger partial charge >= 0.3 is 0 Å². The molecule has 0 amide bonds.